The average molecular weight is 156 g/mol. The summed E-state index contributed by atoms with van der Waals surface area (Å²) < 4.78 is 0. The lowest BCUT2D eigenvalue weighted by atomic mass is 10.2. The summed E-state index contributed by atoms with van der Waals surface area (Å²) in [5.41, 5.74) is 0. The van der Waals surface area contributed by atoms with Crippen LogP contribution in [-0.2, 0) is 0 Å². The van der Waals surface area contributed by atoms with Gasteiger partial charge in [0.05, 0.1) is 6.54 Å². The van der Waals surface area contributed by atoms with Crippen LogP contribution in [0.1, 0.15) is 20.8 Å². The fraction of sp³-hybridized carbons (Fsp3) is 0.889. The van der Waals surface area contributed by atoms with Crippen molar-refractivity contribution in [2.75, 3.05) is 20.6 Å². The maximum atomic E-state index is 4.33. The molecule has 0 N–H and O–H groups in total. The van der Waals surface area contributed by atoms with Crippen LogP contribution >= 0.6 is 0 Å². The van der Waals surface area contributed by atoms with E-state index in [9.17, 15) is 0 Å². The van der Waals surface area contributed by atoms with Crippen molar-refractivity contribution in [2.24, 2.45) is 10.9 Å². The molecule has 11 heavy (non-hydrogen) atoms. The number of hydrogen-bond acceptors (Lipinski definition) is 2. The first-order chi connectivity index (χ1) is 5.04. The summed E-state index contributed by atoms with van der Waals surface area (Å²) in [6.45, 7) is 7.37. The highest BCUT2D eigenvalue weighted by Crippen LogP contribution is 1.92. The van der Waals surface area contributed by atoms with E-state index in [-0.39, 0.29) is 0 Å². The fourth-order valence-corrected chi connectivity index (χ4v) is 0.588. The van der Waals surface area contributed by atoms with E-state index in [0.29, 0.717) is 12.0 Å². The van der Waals surface area contributed by atoms with Gasteiger partial charge in [-0.05, 0) is 26.9 Å². The van der Waals surface area contributed by atoms with E-state index < -0.39 is 0 Å². The Morgan fingerprint density at radius 2 is 1.82 bits per heavy atom. The van der Waals surface area contributed by atoms with Crippen molar-refractivity contribution in [2.45, 2.75) is 26.8 Å². The maximum Gasteiger partial charge on any atom is 0.0538 e. The van der Waals surface area contributed by atoms with Gasteiger partial charge in [-0.3, -0.25) is 4.99 Å². The molecule has 0 saturated carbocycles. The Hall–Kier alpha value is -0.370. The number of hydrogen-bond donors (Lipinski definition) is 0. The Labute approximate surface area is 70.3 Å². The standard InChI is InChI=1S/C9H20N2/c1-8(2)6-10-7-9(3)11(4)5/h6,8-9H,7H2,1-5H3. The van der Waals surface area contributed by atoms with Gasteiger partial charge in [0.15, 0.2) is 0 Å². The molecule has 0 aromatic heterocycles. The molecule has 0 aliphatic heterocycles. The van der Waals surface area contributed by atoms with E-state index >= 15 is 0 Å². The Kier molecular flexibility index (Phi) is 5.12. The van der Waals surface area contributed by atoms with Gasteiger partial charge in [-0.2, -0.15) is 0 Å². The topological polar surface area (TPSA) is 15.6 Å². The summed E-state index contributed by atoms with van der Waals surface area (Å²) in [7, 11) is 4.16. The molecule has 0 aliphatic carbocycles. The first-order valence-electron chi connectivity index (χ1n) is 4.20. The molecule has 0 bridgehead atoms. The zero-order valence-electron chi connectivity index (χ0n) is 8.33. The minimum absolute atomic E-state index is 0.546. The summed E-state index contributed by atoms with van der Waals surface area (Å²) in [6.07, 6.45) is 2.01. The van der Waals surface area contributed by atoms with Crippen molar-refractivity contribution in [1.82, 2.24) is 4.90 Å². The van der Waals surface area contributed by atoms with Gasteiger partial charge in [-0.25, -0.2) is 0 Å². The lowest BCUT2D eigenvalue weighted by molar-refractivity contribution is 0.321. The SMILES string of the molecule is CC(C)C=NCC(C)N(C)C. The molecule has 1 atom stereocenters. The summed E-state index contributed by atoms with van der Waals surface area (Å²) >= 11 is 0. The second-order valence-electron chi connectivity index (χ2n) is 3.57. The van der Waals surface area contributed by atoms with Gasteiger partial charge in [-0.1, -0.05) is 13.8 Å². The van der Waals surface area contributed by atoms with Crippen molar-refractivity contribution in [3.8, 4) is 0 Å². The highest BCUT2D eigenvalue weighted by Gasteiger charge is 2.00. The van der Waals surface area contributed by atoms with Crippen LogP contribution in [0.3, 0.4) is 0 Å². The van der Waals surface area contributed by atoms with Crippen LogP contribution < -0.4 is 0 Å². The Balaban J connectivity index is 3.53. The van der Waals surface area contributed by atoms with E-state index in [2.05, 4.69) is 44.8 Å². The molecule has 2 heteroatoms. The summed E-state index contributed by atoms with van der Waals surface area (Å²) in [5.74, 6) is 0.573. The monoisotopic (exact) mass is 156 g/mol. The summed E-state index contributed by atoms with van der Waals surface area (Å²) in [4.78, 5) is 6.50. The van der Waals surface area contributed by atoms with Crippen LogP contribution in [0.5, 0.6) is 0 Å². The predicted molar refractivity (Wildman–Crippen MR) is 51.3 cm³/mol. The molecule has 0 radical (unpaired) electrons. The molecule has 0 spiro atoms. The normalized spacial score (nSPS) is 15.2. The van der Waals surface area contributed by atoms with Crippen molar-refractivity contribution in [3.05, 3.63) is 0 Å². The third kappa shape index (κ3) is 6.05. The highest BCUT2D eigenvalue weighted by atomic mass is 15.1. The van der Waals surface area contributed by atoms with Gasteiger partial charge >= 0.3 is 0 Å². The lowest BCUT2D eigenvalue weighted by Gasteiger charge is -2.16. The minimum atomic E-state index is 0.546. The van der Waals surface area contributed by atoms with Gasteiger partial charge in [0.1, 0.15) is 0 Å². The molecule has 1 unspecified atom stereocenters. The van der Waals surface area contributed by atoms with Crippen LogP contribution in [0, 0.1) is 5.92 Å². The van der Waals surface area contributed by atoms with Gasteiger partial charge in [0, 0.05) is 12.3 Å². The van der Waals surface area contributed by atoms with E-state index in [1.54, 1.807) is 0 Å². The zero-order chi connectivity index (χ0) is 8.85. The molecule has 0 heterocycles. The lowest BCUT2D eigenvalue weighted by Crippen LogP contribution is -2.27. The van der Waals surface area contributed by atoms with Crippen molar-refractivity contribution < 1.29 is 0 Å². The van der Waals surface area contributed by atoms with Gasteiger partial charge in [0.25, 0.3) is 0 Å². The number of rotatable bonds is 4. The van der Waals surface area contributed by atoms with Crippen LogP contribution in [-0.4, -0.2) is 37.8 Å². The quantitative estimate of drug-likeness (QED) is 0.565. The molecule has 0 aliphatic rings. The second-order valence-corrected chi connectivity index (χ2v) is 3.57. The summed E-state index contributed by atoms with van der Waals surface area (Å²) in [6, 6.07) is 0.546. The number of likely N-dealkylation sites (N-methyl/N-ethyl adjacent to an activating group) is 1. The molecule has 0 aromatic rings. The number of aliphatic imine (C=N–C) groups is 1. The summed E-state index contributed by atoms with van der Waals surface area (Å²) in [5, 5.41) is 0. The molecule has 0 rings (SSSR count). The molecule has 0 fully saturated rings. The van der Waals surface area contributed by atoms with E-state index in [1.807, 2.05) is 6.21 Å². The van der Waals surface area contributed by atoms with Crippen molar-refractivity contribution >= 4 is 6.21 Å². The smallest absolute Gasteiger partial charge is 0.0538 e. The zero-order valence-corrected chi connectivity index (χ0v) is 8.33. The Morgan fingerprint density at radius 3 is 2.18 bits per heavy atom. The van der Waals surface area contributed by atoms with E-state index in [0.717, 1.165) is 6.54 Å². The average Bonchev–Trinajstić information content (AvgIpc) is 1.86. The number of nitrogens with zero attached hydrogens (tertiary/aromatic N) is 2. The first-order valence-corrected chi connectivity index (χ1v) is 4.20. The fourth-order valence-electron chi connectivity index (χ4n) is 0.588. The first kappa shape index (κ1) is 10.6. The molecular weight excluding hydrogens is 136 g/mol. The van der Waals surface area contributed by atoms with Crippen LogP contribution in [0.4, 0.5) is 0 Å². The molecule has 0 aromatic carbocycles. The third-order valence-electron chi connectivity index (χ3n) is 1.65. The Bertz CT molecular complexity index is 117. The maximum absolute atomic E-state index is 4.33. The molecule has 2 nitrogen and oxygen atoms in total. The molecule has 0 saturated heterocycles. The van der Waals surface area contributed by atoms with E-state index in [1.165, 1.54) is 0 Å². The molecular formula is C9H20N2. The second kappa shape index (κ2) is 5.30. The largest absolute Gasteiger partial charge is 0.305 e. The highest BCUT2D eigenvalue weighted by molar-refractivity contribution is 5.59. The van der Waals surface area contributed by atoms with Gasteiger partial charge in [0.2, 0.25) is 0 Å². The van der Waals surface area contributed by atoms with Crippen LogP contribution in [0.25, 0.3) is 0 Å². The van der Waals surface area contributed by atoms with Crippen LogP contribution in [0.2, 0.25) is 0 Å². The molecule has 66 valence electrons. The van der Waals surface area contributed by atoms with Gasteiger partial charge < -0.3 is 4.90 Å². The predicted octanol–water partition coefficient (Wildman–Crippen LogP) is 1.66. The van der Waals surface area contributed by atoms with Crippen molar-refractivity contribution in [3.63, 3.8) is 0 Å². The van der Waals surface area contributed by atoms with Gasteiger partial charge in [-0.15, -0.1) is 0 Å². The van der Waals surface area contributed by atoms with Crippen molar-refractivity contribution in [1.29, 1.82) is 0 Å². The third-order valence-corrected chi connectivity index (χ3v) is 1.65. The Morgan fingerprint density at radius 1 is 1.27 bits per heavy atom. The van der Waals surface area contributed by atoms with E-state index in [4.69, 9.17) is 0 Å². The minimum Gasteiger partial charge on any atom is -0.305 e. The van der Waals surface area contributed by atoms with Crippen LogP contribution in [0.15, 0.2) is 4.99 Å². The molecule has 0 amide bonds.